The van der Waals surface area contributed by atoms with Crippen molar-refractivity contribution in [3.05, 3.63) is 0 Å². The Morgan fingerprint density at radius 3 is 1.12 bits per heavy atom. The fourth-order valence-corrected chi connectivity index (χ4v) is 2.64. The monoisotopic (exact) mass is 404 g/mol. The molecule has 0 aromatic rings. The van der Waals surface area contributed by atoms with E-state index in [1.807, 2.05) is 0 Å². The van der Waals surface area contributed by atoms with Crippen molar-refractivity contribution in [1.29, 1.82) is 0 Å². The van der Waals surface area contributed by atoms with E-state index in [0.29, 0.717) is 0 Å². The number of carboxylic acid groups (broad SMARTS) is 1. The van der Waals surface area contributed by atoms with Gasteiger partial charge in [-0.05, 0) is 12.8 Å². The van der Waals surface area contributed by atoms with Crippen molar-refractivity contribution < 1.29 is 79.3 Å². The molecular weight excluding hydrogens is 369 g/mol. The maximum atomic E-state index is 10.2. The van der Waals surface area contributed by atoms with Crippen LogP contribution in [0.3, 0.4) is 0 Å². The molecule has 0 amide bonds. The molecule has 0 saturated heterocycles. The van der Waals surface area contributed by atoms with Crippen LogP contribution in [0.15, 0.2) is 0 Å². The van der Waals surface area contributed by atoms with Gasteiger partial charge in [0.25, 0.3) is 0 Å². The minimum Gasteiger partial charge on any atom is -0.870 e. The number of hydrogen-bond donors (Lipinski definition) is 0. The number of carboxylic acids is 1. The van der Waals surface area contributed by atoms with Gasteiger partial charge < -0.3 is 15.4 Å². The third-order valence-corrected chi connectivity index (χ3v) is 3.98. The molecule has 0 atom stereocenters. The largest absolute Gasteiger partial charge is 1.00 e. The first-order chi connectivity index (χ1) is 9.77. The van der Waals surface area contributed by atoms with Crippen LogP contribution in [0.5, 0.6) is 0 Å². The van der Waals surface area contributed by atoms with Gasteiger partial charge in [0, 0.05) is 32.2 Å². The molecule has 0 radical (unpaired) electrons. The first kappa shape index (κ1) is 36.4. The van der Waals surface area contributed by atoms with Gasteiger partial charge >= 0.3 is 37.7 Å². The zero-order valence-corrected chi connectivity index (χ0v) is 19.0. The molecule has 0 aromatic carbocycles. The molecule has 0 unspecified atom stereocenters. The molecule has 0 bridgehead atoms. The van der Waals surface area contributed by atoms with Gasteiger partial charge in [-0.25, -0.2) is 0 Å². The summed E-state index contributed by atoms with van der Waals surface area (Å²) in [5.41, 5.74) is 0. The van der Waals surface area contributed by atoms with Crippen LogP contribution in [0.25, 0.3) is 0 Å². The molecule has 132 valence electrons. The van der Waals surface area contributed by atoms with E-state index >= 15 is 0 Å². The van der Waals surface area contributed by atoms with Crippen molar-refractivity contribution >= 4 is 5.97 Å². The summed E-state index contributed by atoms with van der Waals surface area (Å²) in [6.07, 6.45) is 19.9. The second-order valence-corrected chi connectivity index (χ2v) is 6.07. The van der Waals surface area contributed by atoms with Gasteiger partial charge in [0.2, 0.25) is 0 Å². The van der Waals surface area contributed by atoms with Gasteiger partial charge in [-0.15, -0.1) is 0 Å². The van der Waals surface area contributed by atoms with Crippen molar-refractivity contribution in [1.82, 2.24) is 0 Å². The number of aliphatic carboxylic acids is 1. The Hall–Kier alpha value is 1.51. The van der Waals surface area contributed by atoms with Crippen molar-refractivity contribution in [2.75, 3.05) is 0 Å². The maximum Gasteiger partial charge on any atom is 1.00 e. The van der Waals surface area contributed by atoms with E-state index in [1.54, 1.807) is 0 Å². The first-order valence-electron chi connectivity index (χ1n) is 8.97. The molecule has 0 fully saturated rings. The van der Waals surface area contributed by atoms with Crippen LogP contribution < -0.4 is 42.8 Å². The van der Waals surface area contributed by atoms with Gasteiger partial charge in [0.15, 0.2) is 0 Å². The van der Waals surface area contributed by atoms with Crippen molar-refractivity contribution in [3.8, 4) is 0 Å². The number of carbonyl (C=O) groups excluding carboxylic acids is 1. The second-order valence-electron chi connectivity index (χ2n) is 6.07. The fraction of sp³-hybridized carbons (Fsp3) is 0.944. The normalized spacial score (nSPS) is 9.04. The number of hydrogen-bond acceptors (Lipinski definition) is 3. The maximum absolute atomic E-state index is 10.2. The summed E-state index contributed by atoms with van der Waals surface area (Å²) in [5, 5.41) is 10.2. The molecule has 24 heavy (non-hydrogen) atoms. The van der Waals surface area contributed by atoms with E-state index in [4.69, 9.17) is 0 Å². The smallest absolute Gasteiger partial charge is 0.870 e. The standard InChI is InChI=1S/C18H36O2.2Li.H2O.Zr/c1-2-3-4-5-6-7-8-9-10-11-12-13-14-15-16-17-18(19)20;;;;/h2-17H2,1H3,(H,19,20);;;1H2;/q;2*+1;;/p-2. The van der Waals surface area contributed by atoms with E-state index in [1.165, 1.54) is 83.5 Å². The summed E-state index contributed by atoms with van der Waals surface area (Å²) in [7, 11) is 0. The molecule has 6 heteroatoms. The average molecular weight is 406 g/mol. The van der Waals surface area contributed by atoms with E-state index in [0.717, 1.165) is 12.8 Å². The van der Waals surface area contributed by atoms with Crippen LogP contribution in [0, 0.1) is 0 Å². The Labute approximate surface area is 193 Å². The molecule has 0 aliphatic heterocycles. The average Bonchev–Trinajstić information content (AvgIpc) is 2.43. The number of unbranched alkanes of at least 4 members (excludes halogenated alkanes) is 14. The molecule has 0 rings (SSSR count). The Bertz CT molecular complexity index is 220. The Morgan fingerprint density at radius 2 is 0.875 bits per heavy atom. The predicted octanol–water partition coefficient (Wildman–Crippen LogP) is -1.17. The van der Waals surface area contributed by atoms with Crippen LogP contribution in [0.4, 0.5) is 0 Å². The van der Waals surface area contributed by atoms with Crippen molar-refractivity contribution in [2.24, 2.45) is 0 Å². The Balaban J connectivity index is -0.000000301. The summed E-state index contributed by atoms with van der Waals surface area (Å²) in [6.45, 7) is 2.27. The SMILES string of the molecule is CCCCCCCCCCCCCCCCCC(=O)[O-].[Li+].[Li+].[OH-].[Zr]. The molecule has 0 heterocycles. The van der Waals surface area contributed by atoms with Gasteiger partial charge in [-0.3, -0.25) is 0 Å². The molecular formula is C18H36Li2O3Zr. The predicted molar refractivity (Wildman–Crippen MR) is 86.5 cm³/mol. The Morgan fingerprint density at radius 1 is 0.625 bits per heavy atom. The second kappa shape index (κ2) is 32.2. The van der Waals surface area contributed by atoms with E-state index < -0.39 is 5.97 Å². The van der Waals surface area contributed by atoms with E-state index in [-0.39, 0.29) is 75.8 Å². The fourth-order valence-electron chi connectivity index (χ4n) is 2.64. The van der Waals surface area contributed by atoms with Gasteiger partial charge in [0.1, 0.15) is 0 Å². The zero-order valence-electron chi connectivity index (χ0n) is 16.6. The summed E-state index contributed by atoms with van der Waals surface area (Å²) in [4.78, 5) is 10.2. The van der Waals surface area contributed by atoms with E-state index in [2.05, 4.69) is 6.92 Å². The van der Waals surface area contributed by atoms with Gasteiger partial charge in [0.05, 0.1) is 0 Å². The van der Waals surface area contributed by atoms with Crippen LogP contribution in [-0.4, -0.2) is 11.4 Å². The molecule has 0 aromatic heterocycles. The van der Waals surface area contributed by atoms with E-state index in [9.17, 15) is 9.90 Å². The third-order valence-electron chi connectivity index (χ3n) is 3.98. The summed E-state index contributed by atoms with van der Waals surface area (Å²) in [5.74, 6) is -0.903. The molecule has 0 aliphatic rings. The van der Waals surface area contributed by atoms with Crippen molar-refractivity contribution in [2.45, 2.75) is 110 Å². The topological polar surface area (TPSA) is 70.1 Å². The van der Waals surface area contributed by atoms with Gasteiger partial charge in [-0.2, -0.15) is 0 Å². The number of carbonyl (C=O) groups is 1. The first-order valence-corrected chi connectivity index (χ1v) is 8.97. The van der Waals surface area contributed by atoms with Crippen molar-refractivity contribution in [3.63, 3.8) is 0 Å². The molecule has 0 spiro atoms. The molecule has 0 saturated carbocycles. The van der Waals surface area contributed by atoms with Gasteiger partial charge in [-0.1, -0.05) is 96.8 Å². The van der Waals surface area contributed by atoms with Crippen LogP contribution >= 0.6 is 0 Å². The van der Waals surface area contributed by atoms with Crippen LogP contribution in [0.1, 0.15) is 110 Å². The quantitative estimate of drug-likeness (QED) is 0.240. The minimum absolute atomic E-state index is 0. The molecule has 3 nitrogen and oxygen atoms in total. The summed E-state index contributed by atoms with van der Waals surface area (Å²) < 4.78 is 0. The summed E-state index contributed by atoms with van der Waals surface area (Å²) >= 11 is 0. The van der Waals surface area contributed by atoms with Crippen LogP contribution in [0.2, 0.25) is 0 Å². The Kier molecular flexibility index (Phi) is 48.9. The minimum atomic E-state index is -0.903. The zero-order chi connectivity index (χ0) is 14.9. The third kappa shape index (κ3) is 34.8. The molecule has 1 N–H and O–H groups in total. The molecule has 0 aliphatic carbocycles. The number of rotatable bonds is 16. The summed E-state index contributed by atoms with van der Waals surface area (Å²) in [6, 6.07) is 0. The van der Waals surface area contributed by atoms with Crippen LogP contribution in [-0.2, 0) is 31.0 Å².